The summed E-state index contributed by atoms with van der Waals surface area (Å²) in [6.07, 6.45) is 1.36. The van der Waals surface area contributed by atoms with Crippen molar-refractivity contribution in [2.24, 2.45) is 0 Å². The Bertz CT molecular complexity index is 719. The van der Waals surface area contributed by atoms with E-state index in [9.17, 15) is 18.8 Å². The van der Waals surface area contributed by atoms with E-state index in [4.69, 9.17) is 0 Å². The Morgan fingerprint density at radius 3 is 2.69 bits per heavy atom. The molecule has 2 saturated heterocycles. The molecule has 0 bridgehead atoms. The lowest BCUT2D eigenvalue weighted by molar-refractivity contribution is -0.137. The number of aldehydes is 1. The summed E-state index contributed by atoms with van der Waals surface area (Å²) in [7, 11) is 1.77. The van der Waals surface area contributed by atoms with Crippen LogP contribution in [0.3, 0.4) is 0 Å². The van der Waals surface area contributed by atoms with E-state index < -0.39 is 11.9 Å². The van der Waals surface area contributed by atoms with Crippen LogP contribution in [-0.4, -0.2) is 62.3 Å². The lowest BCUT2D eigenvalue weighted by atomic mass is 10.0. The highest BCUT2D eigenvalue weighted by Crippen LogP contribution is 2.25. The Balaban J connectivity index is 1.82. The molecule has 3 rings (SSSR count). The average Bonchev–Trinajstić information content (AvgIpc) is 2.63. The van der Waals surface area contributed by atoms with E-state index in [0.29, 0.717) is 43.6 Å². The van der Waals surface area contributed by atoms with Gasteiger partial charge >= 0.3 is 0 Å². The van der Waals surface area contributed by atoms with Gasteiger partial charge in [0, 0.05) is 44.7 Å². The molecule has 1 aromatic rings. The third-order valence-electron chi connectivity index (χ3n) is 4.96. The fourth-order valence-electron chi connectivity index (χ4n) is 3.50. The summed E-state index contributed by atoms with van der Waals surface area (Å²) in [5.74, 6) is -1.02. The highest BCUT2D eigenvalue weighted by Gasteiger charge is 2.30. The number of piperazine rings is 1. The second-order valence-electron chi connectivity index (χ2n) is 6.74. The number of benzene rings is 1. The number of hydrogen-bond donors (Lipinski definition) is 2. The minimum absolute atomic E-state index is 0.268. The number of carbonyl (C=O) groups excluding carboxylic acids is 3. The third-order valence-corrected chi connectivity index (χ3v) is 4.96. The second kappa shape index (κ2) is 7.92. The van der Waals surface area contributed by atoms with Crippen molar-refractivity contribution in [3.63, 3.8) is 0 Å². The van der Waals surface area contributed by atoms with E-state index in [1.807, 2.05) is 4.90 Å². The predicted molar refractivity (Wildman–Crippen MR) is 94.5 cm³/mol. The predicted octanol–water partition coefficient (Wildman–Crippen LogP) is 0.285. The van der Waals surface area contributed by atoms with Crippen LogP contribution in [0.25, 0.3) is 0 Å². The molecular weight excluding hydrogens is 339 g/mol. The number of carbonyl (C=O) groups is 3. The van der Waals surface area contributed by atoms with E-state index in [1.165, 1.54) is 6.07 Å². The molecule has 1 aromatic carbocycles. The first-order valence-electron chi connectivity index (χ1n) is 8.77. The Morgan fingerprint density at radius 2 is 2.04 bits per heavy atom. The molecule has 0 aromatic heterocycles. The molecule has 2 aliphatic heterocycles. The van der Waals surface area contributed by atoms with Crippen LogP contribution in [0, 0.1) is 5.82 Å². The average molecular weight is 362 g/mol. The van der Waals surface area contributed by atoms with Gasteiger partial charge < -0.3 is 10.2 Å². The summed E-state index contributed by atoms with van der Waals surface area (Å²) >= 11 is 0. The van der Waals surface area contributed by atoms with Gasteiger partial charge in [-0.05, 0) is 31.2 Å². The maximum absolute atomic E-state index is 14.5. The number of nitrogens with one attached hydrogen (secondary N) is 2. The number of rotatable bonds is 5. The standard InChI is InChI=1S/C18H23FN4O3/c1-22(15-2-3-17(25)21-18(15)26)10-12-9-16(14(19)8-13(12)11-24)23-6-4-20-5-7-23/h8-9,11,15,20H,2-7,10H2,1H3,(H,21,25,26). The minimum atomic E-state index is -0.445. The number of hydrogen-bond acceptors (Lipinski definition) is 6. The molecule has 2 N–H and O–H groups in total. The van der Waals surface area contributed by atoms with Crippen molar-refractivity contribution < 1.29 is 18.8 Å². The van der Waals surface area contributed by atoms with Gasteiger partial charge in [-0.15, -0.1) is 0 Å². The number of nitrogens with zero attached hydrogens (tertiary/aromatic N) is 2. The van der Waals surface area contributed by atoms with Crippen LogP contribution in [0.2, 0.25) is 0 Å². The van der Waals surface area contributed by atoms with Crippen molar-refractivity contribution in [3.05, 3.63) is 29.1 Å². The highest BCUT2D eigenvalue weighted by atomic mass is 19.1. The lowest BCUT2D eigenvalue weighted by Crippen LogP contribution is -2.51. The first-order valence-corrected chi connectivity index (χ1v) is 8.77. The van der Waals surface area contributed by atoms with Crippen molar-refractivity contribution in [1.82, 2.24) is 15.5 Å². The second-order valence-corrected chi connectivity index (χ2v) is 6.74. The number of imide groups is 1. The van der Waals surface area contributed by atoms with Crippen LogP contribution in [0.1, 0.15) is 28.8 Å². The Hall–Kier alpha value is -2.32. The molecule has 2 aliphatic rings. The van der Waals surface area contributed by atoms with Gasteiger partial charge in [0.2, 0.25) is 11.8 Å². The van der Waals surface area contributed by atoms with Crippen LogP contribution >= 0.6 is 0 Å². The summed E-state index contributed by atoms with van der Waals surface area (Å²) in [5.41, 5.74) is 1.42. The fraction of sp³-hybridized carbons (Fsp3) is 0.500. The van der Waals surface area contributed by atoms with Crippen molar-refractivity contribution in [1.29, 1.82) is 0 Å². The molecule has 1 atom stereocenters. The van der Waals surface area contributed by atoms with Crippen molar-refractivity contribution in [2.45, 2.75) is 25.4 Å². The van der Waals surface area contributed by atoms with Gasteiger partial charge in [-0.25, -0.2) is 4.39 Å². The summed E-state index contributed by atoms with van der Waals surface area (Å²) in [6.45, 7) is 3.26. The van der Waals surface area contributed by atoms with Crippen LogP contribution < -0.4 is 15.5 Å². The van der Waals surface area contributed by atoms with E-state index in [0.717, 1.165) is 13.1 Å². The van der Waals surface area contributed by atoms with Crippen LogP contribution in [0.4, 0.5) is 10.1 Å². The molecule has 140 valence electrons. The maximum atomic E-state index is 14.5. The fourth-order valence-corrected chi connectivity index (χ4v) is 3.50. The van der Waals surface area contributed by atoms with E-state index >= 15 is 0 Å². The van der Waals surface area contributed by atoms with Crippen LogP contribution in [0.5, 0.6) is 0 Å². The normalized spacial score (nSPS) is 21.0. The minimum Gasteiger partial charge on any atom is -0.367 e. The molecule has 0 saturated carbocycles. The number of likely N-dealkylation sites (N-methyl/N-ethyl adjacent to an activating group) is 1. The number of halogens is 1. The van der Waals surface area contributed by atoms with Gasteiger partial charge in [0.05, 0.1) is 11.7 Å². The summed E-state index contributed by atoms with van der Waals surface area (Å²) in [4.78, 5) is 38.5. The molecule has 2 fully saturated rings. The molecule has 2 heterocycles. The summed E-state index contributed by atoms with van der Waals surface area (Å²) in [5, 5.41) is 5.56. The zero-order chi connectivity index (χ0) is 18.7. The van der Waals surface area contributed by atoms with E-state index in [-0.39, 0.29) is 23.8 Å². The van der Waals surface area contributed by atoms with Crippen LogP contribution in [-0.2, 0) is 16.1 Å². The van der Waals surface area contributed by atoms with Gasteiger partial charge in [-0.1, -0.05) is 0 Å². The van der Waals surface area contributed by atoms with Gasteiger partial charge in [0.25, 0.3) is 0 Å². The van der Waals surface area contributed by atoms with E-state index in [1.54, 1.807) is 18.0 Å². The quantitative estimate of drug-likeness (QED) is 0.579. The van der Waals surface area contributed by atoms with Crippen molar-refractivity contribution >= 4 is 23.8 Å². The first kappa shape index (κ1) is 18.5. The molecular formula is C18H23FN4O3. The van der Waals surface area contributed by atoms with Crippen molar-refractivity contribution in [2.75, 3.05) is 38.1 Å². The maximum Gasteiger partial charge on any atom is 0.243 e. The lowest BCUT2D eigenvalue weighted by Gasteiger charge is -2.32. The van der Waals surface area contributed by atoms with Gasteiger partial charge in [-0.3, -0.25) is 24.6 Å². The summed E-state index contributed by atoms with van der Waals surface area (Å²) in [6, 6.07) is 2.52. The number of amides is 2. The molecule has 8 heteroatoms. The molecule has 0 aliphatic carbocycles. The van der Waals surface area contributed by atoms with Crippen molar-refractivity contribution in [3.8, 4) is 0 Å². The zero-order valence-electron chi connectivity index (χ0n) is 14.8. The SMILES string of the molecule is CN(Cc1cc(N2CCNCC2)c(F)cc1C=O)C1CCC(=O)NC1=O. The first-order chi connectivity index (χ1) is 12.5. The van der Waals surface area contributed by atoms with Gasteiger partial charge in [-0.2, -0.15) is 0 Å². The zero-order valence-corrected chi connectivity index (χ0v) is 14.8. The molecule has 7 nitrogen and oxygen atoms in total. The smallest absolute Gasteiger partial charge is 0.243 e. The number of piperidine rings is 1. The van der Waals surface area contributed by atoms with Gasteiger partial charge in [0.15, 0.2) is 0 Å². The third kappa shape index (κ3) is 3.91. The van der Waals surface area contributed by atoms with Crippen LogP contribution in [0.15, 0.2) is 12.1 Å². The van der Waals surface area contributed by atoms with Gasteiger partial charge in [0.1, 0.15) is 12.1 Å². The molecule has 1 unspecified atom stereocenters. The highest BCUT2D eigenvalue weighted by molar-refractivity contribution is 6.00. The Labute approximate surface area is 151 Å². The molecule has 26 heavy (non-hydrogen) atoms. The summed E-state index contributed by atoms with van der Waals surface area (Å²) < 4.78 is 14.5. The monoisotopic (exact) mass is 362 g/mol. The molecule has 2 amide bonds. The molecule has 0 radical (unpaired) electrons. The number of anilines is 1. The topological polar surface area (TPSA) is 81.8 Å². The largest absolute Gasteiger partial charge is 0.367 e. The molecule has 0 spiro atoms. The van der Waals surface area contributed by atoms with E-state index in [2.05, 4.69) is 10.6 Å². The Kier molecular flexibility index (Phi) is 5.63. The Morgan fingerprint density at radius 1 is 1.31 bits per heavy atom.